The van der Waals surface area contributed by atoms with E-state index in [1.165, 1.54) is 109 Å². The minimum Gasteiger partial charge on any atom is -0.168 e. The van der Waals surface area contributed by atoms with Crippen molar-refractivity contribution in [3.63, 3.8) is 0 Å². The Bertz CT molecular complexity index is 210. The Kier molecular flexibility index (Phi) is 16.7. The molecule has 0 rings (SSSR count). The molecule has 2 heteroatoms. The molecule has 0 atom stereocenters. The monoisotopic (exact) mass is 346 g/mol. The van der Waals surface area contributed by atoms with E-state index in [1.807, 2.05) is 0 Å². The van der Waals surface area contributed by atoms with Gasteiger partial charge in [0.15, 0.2) is 0 Å². The fourth-order valence-electron chi connectivity index (χ4n) is 3.09. The van der Waals surface area contributed by atoms with E-state index in [-0.39, 0.29) is 0 Å². The van der Waals surface area contributed by atoms with Gasteiger partial charge in [0.2, 0.25) is 0 Å². The zero-order valence-corrected chi connectivity index (χ0v) is 17.7. The maximum atomic E-state index is 6.34. The van der Waals surface area contributed by atoms with Gasteiger partial charge < -0.3 is 0 Å². The Labute approximate surface area is 147 Å². The second-order valence-electron chi connectivity index (χ2n) is 7.77. The van der Waals surface area contributed by atoms with Gasteiger partial charge in [0.1, 0.15) is 7.38 Å². The van der Waals surface area contributed by atoms with E-state index in [4.69, 9.17) is 11.1 Å². The van der Waals surface area contributed by atoms with E-state index in [0.717, 1.165) is 0 Å². The maximum Gasteiger partial charge on any atom is 0.150 e. The summed E-state index contributed by atoms with van der Waals surface area (Å²) in [6.45, 7) is 6.82. The van der Waals surface area contributed by atoms with Crippen molar-refractivity contribution in [2.45, 2.75) is 129 Å². The molecule has 0 amide bonds. The lowest BCUT2D eigenvalue weighted by Crippen LogP contribution is -2.14. The van der Waals surface area contributed by atoms with Gasteiger partial charge in [-0.2, -0.15) is 11.1 Å². The normalized spacial score (nSPS) is 12.0. The van der Waals surface area contributed by atoms with Gasteiger partial charge in [-0.05, 0) is 6.04 Å². The lowest BCUT2D eigenvalue weighted by Gasteiger charge is -2.11. The smallest absolute Gasteiger partial charge is 0.150 e. The van der Waals surface area contributed by atoms with Crippen LogP contribution in [0, 0.1) is 0 Å². The average molecular weight is 347 g/mol. The molecule has 0 saturated carbocycles. The highest BCUT2D eigenvalue weighted by Crippen LogP contribution is 2.19. The van der Waals surface area contributed by atoms with Crippen molar-refractivity contribution in [2.24, 2.45) is 0 Å². The van der Waals surface area contributed by atoms with Gasteiger partial charge >= 0.3 is 0 Å². The Balaban J connectivity index is 3.00. The largest absolute Gasteiger partial charge is 0.168 e. The fraction of sp³-hybridized carbons (Fsp3) is 1.00. The highest BCUT2D eigenvalue weighted by Gasteiger charge is 2.15. The molecule has 134 valence electrons. The molecule has 0 spiro atoms. The zero-order chi connectivity index (χ0) is 16.5. The van der Waals surface area contributed by atoms with Crippen LogP contribution in [0.25, 0.3) is 0 Å². The third-order valence-corrected chi connectivity index (χ3v) is 6.73. The summed E-state index contributed by atoms with van der Waals surface area (Å²) in [5.41, 5.74) is 0. The van der Waals surface area contributed by atoms with E-state index in [0.29, 0.717) is 0 Å². The molecule has 0 radical (unpaired) electrons. The van der Waals surface area contributed by atoms with Crippen LogP contribution in [0.4, 0.5) is 0 Å². The minimum absolute atomic E-state index is 1.29. The molecular formula is C20H43ClSi. The Morgan fingerprint density at radius 2 is 0.773 bits per heavy atom. The van der Waals surface area contributed by atoms with Crippen molar-refractivity contribution in [1.82, 2.24) is 0 Å². The van der Waals surface area contributed by atoms with Crippen molar-refractivity contribution in [2.75, 3.05) is 0 Å². The molecule has 0 N–H and O–H groups in total. The molecule has 0 unspecified atom stereocenters. The first kappa shape index (κ1) is 22.5. The number of hydrogen-bond donors (Lipinski definition) is 0. The molecule has 0 fully saturated rings. The first-order valence-electron chi connectivity index (χ1n) is 10.2. The molecule has 0 heterocycles. The standard InChI is InChI=1S/C20H43ClSi/c1-4-5-6-7-8-9-10-11-12-13-14-15-16-17-18-19-20-22(2,3)21/h4-20H2,1-3H3. The van der Waals surface area contributed by atoms with Gasteiger partial charge in [0.05, 0.1) is 0 Å². The molecule has 0 bridgehead atoms. The van der Waals surface area contributed by atoms with Crippen LogP contribution in [0.2, 0.25) is 19.1 Å². The van der Waals surface area contributed by atoms with Crippen LogP contribution >= 0.6 is 11.1 Å². The summed E-state index contributed by atoms with van der Waals surface area (Å²) >= 11 is 6.34. The van der Waals surface area contributed by atoms with Crippen LogP contribution in [0.15, 0.2) is 0 Å². The number of hydrogen-bond acceptors (Lipinski definition) is 0. The predicted octanol–water partition coefficient (Wildman–Crippen LogP) is 8.69. The molecule has 0 saturated heterocycles. The lowest BCUT2D eigenvalue weighted by atomic mass is 10.0. The zero-order valence-electron chi connectivity index (χ0n) is 15.9. The average Bonchev–Trinajstić information content (AvgIpc) is 2.45. The first-order valence-corrected chi connectivity index (χ1v) is 14.5. The number of halogens is 1. The molecule has 0 nitrogen and oxygen atoms in total. The summed E-state index contributed by atoms with van der Waals surface area (Å²) in [6.07, 6.45) is 23.1. The quantitative estimate of drug-likeness (QED) is 0.140. The summed E-state index contributed by atoms with van der Waals surface area (Å²) in [5.74, 6) is 0. The van der Waals surface area contributed by atoms with E-state index in [1.54, 1.807) is 0 Å². The van der Waals surface area contributed by atoms with E-state index in [9.17, 15) is 0 Å². The Hall–Kier alpha value is 0.507. The molecule has 0 aromatic carbocycles. The van der Waals surface area contributed by atoms with Crippen molar-refractivity contribution in [3.05, 3.63) is 0 Å². The van der Waals surface area contributed by atoms with Crippen molar-refractivity contribution in [3.8, 4) is 0 Å². The van der Waals surface area contributed by atoms with Gasteiger partial charge in [-0.25, -0.2) is 0 Å². The van der Waals surface area contributed by atoms with Crippen LogP contribution in [0.5, 0.6) is 0 Å². The third-order valence-electron chi connectivity index (χ3n) is 4.62. The van der Waals surface area contributed by atoms with Gasteiger partial charge in [0, 0.05) is 0 Å². The third kappa shape index (κ3) is 20.5. The van der Waals surface area contributed by atoms with E-state index < -0.39 is 7.38 Å². The Morgan fingerprint density at radius 3 is 1.05 bits per heavy atom. The second-order valence-corrected chi connectivity index (χ2v) is 14.8. The fourth-order valence-corrected chi connectivity index (χ4v) is 4.59. The highest BCUT2D eigenvalue weighted by atomic mass is 35.6. The minimum atomic E-state index is -1.29. The first-order chi connectivity index (χ1) is 10.6. The van der Waals surface area contributed by atoms with E-state index in [2.05, 4.69) is 20.0 Å². The molecule has 0 aliphatic carbocycles. The summed E-state index contributed by atoms with van der Waals surface area (Å²) in [5, 5.41) is 0. The van der Waals surface area contributed by atoms with Gasteiger partial charge in [-0.3, -0.25) is 0 Å². The van der Waals surface area contributed by atoms with Crippen LogP contribution in [-0.4, -0.2) is 7.38 Å². The second kappa shape index (κ2) is 16.4. The lowest BCUT2D eigenvalue weighted by molar-refractivity contribution is 0.531. The maximum absolute atomic E-state index is 6.34. The highest BCUT2D eigenvalue weighted by molar-refractivity contribution is 7.19. The summed E-state index contributed by atoms with van der Waals surface area (Å²) in [7, 11) is -1.29. The topological polar surface area (TPSA) is 0 Å². The molecule has 0 aliphatic heterocycles. The molecule has 0 aromatic heterocycles. The molecule has 0 aromatic rings. The Morgan fingerprint density at radius 1 is 0.500 bits per heavy atom. The predicted molar refractivity (Wildman–Crippen MR) is 108 cm³/mol. The van der Waals surface area contributed by atoms with Crippen LogP contribution in [0.1, 0.15) is 110 Å². The number of rotatable bonds is 17. The van der Waals surface area contributed by atoms with Gasteiger partial charge in [0.25, 0.3) is 0 Å². The summed E-state index contributed by atoms with van der Waals surface area (Å²) in [6, 6.07) is 1.30. The van der Waals surface area contributed by atoms with Gasteiger partial charge in [-0.15, -0.1) is 0 Å². The molecular weight excluding hydrogens is 304 g/mol. The SMILES string of the molecule is CCCCCCCCCCCCCCCCCC[Si](C)(C)Cl. The summed E-state index contributed by atoms with van der Waals surface area (Å²) < 4.78 is 0. The van der Waals surface area contributed by atoms with Gasteiger partial charge in [-0.1, -0.05) is 123 Å². The molecule has 22 heavy (non-hydrogen) atoms. The number of unbranched alkanes of at least 4 members (excludes halogenated alkanes) is 15. The van der Waals surface area contributed by atoms with Crippen molar-refractivity contribution >= 4 is 18.5 Å². The van der Waals surface area contributed by atoms with Crippen LogP contribution < -0.4 is 0 Å². The summed E-state index contributed by atoms with van der Waals surface area (Å²) in [4.78, 5) is 0. The molecule has 0 aliphatic rings. The van der Waals surface area contributed by atoms with Crippen LogP contribution in [-0.2, 0) is 0 Å². The van der Waals surface area contributed by atoms with E-state index >= 15 is 0 Å². The van der Waals surface area contributed by atoms with Crippen LogP contribution in [0.3, 0.4) is 0 Å². The van der Waals surface area contributed by atoms with Crippen molar-refractivity contribution in [1.29, 1.82) is 0 Å². The van der Waals surface area contributed by atoms with Crippen molar-refractivity contribution < 1.29 is 0 Å².